The number of furan rings is 1. The van der Waals surface area contributed by atoms with Crippen LogP contribution < -0.4 is 11.1 Å². The van der Waals surface area contributed by atoms with Crippen molar-refractivity contribution in [3.8, 4) is 0 Å². The summed E-state index contributed by atoms with van der Waals surface area (Å²) in [6, 6.07) is 4.88. The molecule has 11 heteroatoms. The Balaban J connectivity index is 1.53. The number of amides is 2. The quantitative estimate of drug-likeness (QED) is 0.532. The SMILES string of the molecule is C[C@@H]1CC[C@H](NC(=O)[C@@H](CC2CCCCC2)c2ccoc2C(N)=O)C(=O)CN1S(=O)(=O)c1ccccn1. The lowest BCUT2D eigenvalue weighted by Crippen LogP contribution is -2.46. The molecule has 0 aromatic carbocycles. The van der Waals surface area contributed by atoms with Gasteiger partial charge in [0.2, 0.25) is 5.91 Å². The molecule has 3 N–H and O–H groups in total. The minimum Gasteiger partial charge on any atom is -0.459 e. The van der Waals surface area contributed by atoms with Gasteiger partial charge < -0.3 is 15.5 Å². The van der Waals surface area contributed by atoms with Gasteiger partial charge in [0.1, 0.15) is 0 Å². The molecule has 1 aliphatic carbocycles. The van der Waals surface area contributed by atoms with E-state index in [2.05, 4.69) is 10.3 Å². The van der Waals surface area contributed by atoms with Crippen LogP contribution in [0.3, 0.4) is 0 Å². The van der Waals surface area contributed by atoms with Gasteiger partial charge >= 0.3 is 0 Å². The van der Waals surface area contributed by atoms with Crippen molar-refractivity contribution in [2.75, 3.05) is 6.54 Å². The molecule has 2 amide bonds. The van der Waals surface area contributed by atoms with Gasteiger partial charge in [-0.3, -0.25) is 14.4 Å². The standard InChI is InChI=1S/C26H34N4O6S/c1-17-10-11-21(22(31)16-30(17)37(34,35)23-9-5-6-13-28-23)29-26(33)20(15-18-7-3-2-4-8-18)19-12-14-36-24(19)25(27)32/h5-6,9,12-14,17-18,20-21H,2-4,7-8,10-11,15-16H2,1H3,(H2,27,32)(H,29,33)/t17-,20+,21+/m1/s1. The highest BCUT2D eigenvalue weighted by Crippen LogP contribution is 2.35. The Hall–Kier alpha value is -3.05. The summed E-state index contributed by atoms with van der Waals surface area (Å²) < 4.78 is 32.8. The Labute approximate surface area is 217 Å². The van der Waals surface area contributed by atoms with Crippen molar-refractivity contribution in [3.05, 3.63) is 48.0 Å². The highest BCUT2D eigenvalue weighted by molar-refractivity contribution is 7.89. The van der Waals surface area contributed by atoms with Crippen LogP contribution >= 0.6 is 0 Å². The topological polar surface area (TPSA) is 153 Å². The van der Waals surface area contributed by atoms with Gasteiger partial charge in [-0.15, -0.1) is 0 Å². The first-order valence-corrected chi connectivity index (χ1v) is 14.3. The Bertz CT molecular complexity index is 1220. The van der Waals surface area contributed by atoms with Crippen molar-refractivity contribution in [2.45, 2.75) is 81.3 Å². The van der Waals surface area contributed by atoms with Crippen LogP contribution in [0, 0.1) is 5.92 Å². The maximum atomic E-state index is 13.6. The maximum absolute atomic E-state index is 13.6. The number of nitrogens with zero attached hydrogens (tertiary/aromatic N) is 2. The molecule has 1 aliphatic heterocycles. The predicted molar refractivity (Wildman–Crippen MR) is 135 cm³/mol. The number of primary amides is 1. The molecular formula is C26H34N4O6S. The van der Waals surface area contributed by atoms with Gasteiger partial charge in [-0.2, -0.15) is 4.31 Å². The lowest BCUT2D eigenvalue weighted by Gasteiger charge is -2.27. The number of ketones is 1. The predicted octanol–water partition coefficient (Wildman–Crippen LogP) is 2.75. The normalized spacial score (nSPS) is 22.8. The Morgan fingerprint density at radius 1 is 1.16 bits per heavy atom. The number of hydrogen-bond acceptors (Lipinski definition) is 7. The monoisotopic (exact) mass is 530 g/mol. The van der Waals surface area contributed by atoms with Crippen LogP contribution in [0.5, 0.6) is 0 Å². The average Bonchev–Trinajstić information content (AvgIpc) is 3.33. The largest absolute Gasteiger partial charge is 0.459 e. The van der Waals surface area contributed by atoms with Crippen molar-refractivity contribution in [1.29, 1.82) is 0 Å². The fourth-order valence-corrected chi connectivity index (χ4v) is 6.99. The lowest BCUT2D eigenvalue weighted by atomic mass is 9.80. The molecule has 4 rings (SSSR count). The molecule has 37 heavy (non-hydrogen) atoms. The van der Waals surface area contributed by atoms with Gasteiger partial charge in [-0.1, -0.05) is 38.2 Å². The molecule has 0 spiro atoms. The van der Waals surface area contributed by atoms with Gasteiger partial charge in [0.25, 0.3) is 15.9 Å². The smallest absolute Gasteiger partial charge is 0.284 e. The van der Waals surface area contributed by atoms with Gasteiger partial charge in [0.15, 0.2) is 16.6 Å². The van der Waals surface area contributed by atoms with Crippen LogP contribution in [0.15, 0.2) is 46.2 Å². The Kier molecular flexibility index (Phi) is 8.43. The first-order valence-electron chi connectivity index (χ1n) is 12.8. The second-order valence-corrected chi connectivity index (χ2v) is 11.9. The minimum absolute atomic E-state index is 0.0515. The number of hydrogen-bond donors (Lipinski definition) is 2. The summed E-state index contributed by atoms with van der Waals surface area (Å²) in [4.78, 5) is 42.7. The number of carbonyl (C=O) groups is 3. The molecule has 2 aromatic heterocycles. The second kappa shape index (κ2) is 11.6. The van der Waals surface area contributed by atoms with E-state index in [1.807, 2.05) is 0 Å². The highest BCUT2D eigenvalue weighted by Gasteiger charge is 2.39. The van der Waals surface area contributed by atoms with Crippen LogP contribution in [0.4, 0.5) is 0 Å². The van der Waals surface area contributed by atoms with E-state index in [1.165, 1.54) is 18.5 Å². The molecular weight excluding hydrogens is 496 g/mol. The summed E-state index contributed by atoms with van der Waals surface area (Å²) in [7, 11) is -3.98. The fraction of sp³-hybridized carbons (Fsp3) is 0.538. The number of sulfonamides is 1. The van der Waals surface area contributed by atoms with E-state index in [4.69, 9.17) is 10.2 Å². The van der Waals surface area contributed by atoms with E-state index < -0.39 is 39.7 Å². The van der Waals surface area contributed by atoms with E-state index in [9.17, 15) is 22.8 Å². The zero-order valence-corrected chi connectivity index (χ0v) is 21.8. The van der Waals surface area contributed by atoms with Crippen molar-refractivity contribution in [1.82, 2.24) is 14.6 Å². The molecule has 3 heterocycles. The van der Waals surface area contributed by atoms with Crippen LogP contribution in [-0.4, -0.2) is 53.9 Å². The third-order valence-corrected chi connectivity index (χ3v) is 9.37. The van der Waals surface area contributed by atoms with Gasteiger partial charge in [-0.05, 0) is 50.3 Å². The van der Waals surface area contributed by atoms with Crippen molar-refractivity contribution in [3.63, 3.8) is 0 Å². The summed E-state index contributed by atoms with van der Waals surface area (Å²) in [5, 5.41) is 2.74. The third-order valence-electron chi connectivity index (χ3n) is 7.50. The number of nitrogens with one attached hydrogen (secondary N) is 1. The van der Waals surface area contributed by atoms with E-state index in [0.717, 1.165) is 36.4 Å². The van der Waals surface area contributed by atoms with Crippen LogP contribution in [0.2, 0.25) is 0 Å². The van der Waals surface area contributed by atoms with Crippen LogP contribution in [-0.2, 0) is 19.6 Å². The zero-order valence-electron chi connectivity index (χ0n) is 21.0. The van der Waals surface area contributed by atoms with E-state index in [1.54, 1.807) is 25.1 Å². The molecule has 0 radical (unpaired) electrons. The van der Waals surface area contributed by atoms with E-state index >= 15 is 0 Å². The number of nitrogens with two attached hydrogens (primary N) is 1. The fourth-order valence-electron chi connectivity index (χ4n) is 5.42. The number of Topliss-reactive ketones (excluding diaryl/α,β-unsaturated/α-hetero) is 1. The molecule has 2 aliphatic rings. The third kappa shape index (κ3) is 6.10. The summed E-state index contributed by atoms with van der Waals surface area (Å²) in [5.74, 6) is -1.98. The number of aromatic nitrogens is 1. The van der Waals surface area contributed by atoms with Crippen molar-refractivity contribution < 1.29 is 27.2 Å². The first kappa shape index (κ1) is 27.0. The maximum Gasteiger partial charge on any atom is 0.284 e. The van der Waals surface area contributed by atoms with Gasteiger partial charge in [0.05, 0.1) is 24.8 Å². The van der Waals surface area contributed by atoms with Crippen molar-refractivity contribution >= 4 is 27.6 Å². The highest BCUT2D eigenvalue weighted by atomic mass is 32.2. The Morgan fingerprint density at radius 2 is 1.92 bits per heavy atom. The van der Waals surface area contributed by atoms with E-state index in [-0.39, 0.29) is 23.2 Å². The molecule has 10 nitrogen and oxygen atoms in total. The molecule has 0 unspecified atom stereocenters. The van der Waals surface area contributed by atoms with Crippen molar-refractivity contribution in [2.24, 2.45) is 11.7 Å². The number of carbonyl (C=O) groups excluding carboxylic acids is 3. The lowest BCUT2D eigenvalue weighted by molar-refractivity contribution is -0.128. The summed E-state index contributed by atoms with van der Waals surface area (Å²) in [5.41, 5.74) is 5.91. The molecule has 0 bridgehead atoms. The summed E-state index contributed by atoms with van der Waals surface area (Å²) in [6.07, 6.45) is 9.26. The number of pyridine rings is 1. The molecule has 3 atom stereocenters. The number of rotatable bonds is 8. The molecule has 1 saturated carbocycles. The van der Waals surface area contributed by atoms with Gasteiger partial charge in [-0.25, -0.2) is 13.4 Å². The van der Waals surface area contributed by atoms with Gasteiger partial charge in [0, 0.05) is 17.8 Å². The average molecular weight is 531 g/mol. The Morgan fingerprint density at radius 3 is 2.59 bits per heavy atom. The zero-order chi connectivity index (χ0) is 26.6. The van der Waals surface area contributed by atoms with Crippen LogP contribution in [0.1, 0.15) is 80.3 Å². The first-order chi connectivity index (χ1) is 17.7. The molecule has 2 aromatic rings. The molecule has 1 saturated heterocycles. The van der Waals surface area contributed by atoms with Crippen LogP contribution in [0.25, 0.3) is 0 Å². The summed E-state index contributed by atoms with van der Waals surface area (Å²) >= 11 is 0. The second-order valence-electron chi connectivity index (χ2n) is 10.0. The van der Waals surface area contributed by atoms with E-state index in [0.29, 0.717) is 30.7 Å². The molecule has 200 valence electrons. The summed E-state index contributed by atoms with van der Waals surface area (Å²) in [6.45, 7) is 1.38. The minimum atomic E-state index is -3.98. The molecule has 2 fully saturated rings.